The first-order chi connectivity index (χ1) is 9.93. The smallest absolute Gasteiger partial charge is 0.344 e. The molecule has 1 aromatic carbocycles. The lowest BCUT2D eigenvalue weighted by Crippen LogP contribution is -2.24. The monoisotopic (exact) mass is 311 g/mol. The highest BCUT2D eigenvalue weighted by atomic mass is 32.1. The van der Waals surface area contributed by atoms with Gasteiger partial charge < -0.3 is 20.3 Å². The summed E-state index contributed by atoms with van der Waals surface area (Å²) >= 11 is 4.62. The average Bonchev–Trinajstić information content (AvgIpc) is 2.41. The van der Waals surface area contributed by atoms with Crippen LogP contribution >= 0.6 is 12.2 Å². The number of hydrogen-bond donors (Lipinski definition) is 3. The van der Waals surface area contributed by atoms with E-state index in [1.165, 1.54) is 13.1 Å². The molecule has 8 heteroatoms. The van der Waals surface area contributed by atoms with Crippen molar-refractivity contribution in [3.05, 3.63) is 23.8 Å². The van der Waals surface area contributed by atoms with Crippen LogP contribution in [0.5, 0.6) is 11.5 Å². The molecule has 0 fully saturated rings. The van der Waals surface area contributed by atoms with Crippen LogP contribution in [-0.4, -0.2) is 35.1 Å². The molecule has 7 nitrogen and oxygen atoms in total. The van der Waals surface area contributed by atoms with Gasteiger partial charge in [-0.25, -0.2) is 4.79 Å². The summed E-state index contributed by atoms with van der Waals surface area (Å²) < 4.78 is 10.8. The Kier molecular flexibility index (Phi) is 6.41. The van der Waals surface area contributed by atoms with Gasteiger partial charge >= 0.3 is 5.97 Å². The zero-order valence-corrected chi connectivity index (χ0v) is 12.5. The zero-order chi connectivity index (χ0) is 15.8. The molecule has 0 saturated carbocycles. The molecule has 0 aliphatic rings. The van der Waals surface area contributed by atoms with Crippen LogP contribution in [0.1, 0.15) is 19.4 Å². The Morgan fingerprint density at radius 3 is 2.86 bits per heavy atom. The number of benzene rings is 1. The molecule has 1 unspecified atom stereocenters. The van der Waals surface area contributed by atoms with E-state index in [1.54, 1.807) is 18.2 Å². The molecule has 114 valence electrons. The minimum Gasteiger partial charge on any atom is -0.490 e. The highest BCUT2D eigenvalue weighted by Gasteiger charge is 2.15. The van der Waals surface area contributed by atoms with E-state index < -0.39 is 12.1 Å². The van der Waals surface area contributed by atoms with Crippen molar-refractivity contribution in [2.75, 3.05) is 6.61 Å². The number of carboxylic acid groups (broad SMARTS) is 1. The highest BCUT2D eigenvalue weighted by molar-refractivity contribution is 7.80. The van der Waals surface area contributed by atoms with E-state index in [2.05, 4.69) is 22.7 Å². The number of carboxylic acids is 1. The third-order valence-corrected chi connectivity index (χ3v) is 2.40. The van der Waals surface area contributed by atoms with E-state index >= 15 is 0 Å². The van der Waals surface area contributed by atoms with Crippen molar-refractivity contribution in [2.45, 2.75) is 20.0 Å². The van der Waals surface area contributed by atoms with Crippen molar-refractivity contribution in [1.29, 1.82) is 0 Å². The molecule has 4 N–H and O–H groups in total. The van der Waals surface area contributed by atoms with Crippen LogP contribution in [0.4, 0.5) is 0 Å². The third-order valence-electron chi connectivity index (χ3n) is 2.31. The van der Waals surface area contributed by atoms with Crippen molar-refractivity contribution in [3.8, 4) is 11.5 Å². The van der Waals surface area contributed by atoms with Crippen LogP contribution in [0.3, 0.4) is 0 Å². The van der Waals surface area contributed by atoms with E-state index in [1.807, 2.05) is 6.92 Å². The molecule has 0 saturated heterocycles. The van der Waals surface area contributed by atoms with Gasteiger partial charge in [-0.3, -0.25) is 5.43 Å². The van der Waals surface area contributed by atoms with Crippen LogP contribution in [0.2, 0.25) is 0 Å². The quantitative estimate of drug-likeness (QED) is 0.393. The van der Waals surface area contributed by atoms with Gasteiger partial charge in [-0.2, -0.15) is 5.10 Å². The van der Waals surface area contributed by atoms with Gasteiger partial charge in [0, 0.05) is 0 Å². The Balaban J connectivity index is 2.92. The van der Waals surface area contributed by atoms with Gasteiger partial charge in [-0.15, -0.1) is 0 Å². The molecule has 0 aliphatic heterocycles. The van der Waals surface area contributed by atoms with Crippen molar-refractivity contribution in [3.63, 3.8) is 0 Å². The molecule has 0 radical (unpaired) electrons. The summed E-state index contributed by atoms with van der Waals surface area (Å²) in [5.74, 6) is -0.264. The van der Waals surface area contributed by atoms with Gasteiger partial charge in [-0.05, 0) is 49.8 Å². The number of nitrogens with two attached hydrogens (primary N) is 1. The summed E-state index contributed by atoms with van der Waals surface area (Å²) in [7, 11) is 0. The Morgan fingerprint density at radius 1 is 1.57 bits per heavy atom. The van der Waals surface area contributed by atoms with E-state index in [-0.39, 0.29) is 5.11 Å². The van der Waals surface area contributed by atoms with E-state index in [9.17, 15) is 4.79 Å². The lowest BCUT2D eigenvalue weighted by molar-refractivity contribution is -0.144. The molecular weight excluding hydrogens is 294 g/mol. The first-order valence-corrected chi connectivity index (χ1v) is 6.59. The number of nitrogens with zero attached hydrogens (tertiary/aromatic N) is 1. The summed E-state index contributed by atoms with van der Waals surface area (Å²) in [5.41, 5.74) is 8.40. The van der Waals surface area contributed by atoms with Crippen LogP contribution < -0.4 is 20.6 Å². The number of thiocarbonyl (C=S) groups is 1. The predicted octanol–water partition coefficient (Wildman–Crippen LogP) is 1.10. The van der Waals surface area contributed by atoms with Gasteiger partial charge in [0.15, 0.2) is 22.7 Å². The fourth-order valence-electron chi connectivity index (χ4n) is 1.38. The molecule has 1 atom stereocenters. The Morgan fingerprint density at radius 2 is 2.29 bits per heavy atom. The minimum atomic E-state index is -1.05. The maximum atomic E-state index is 10.8. The molecule has 1 aromatic rings. The Bertz CT molecular complexity index is 548. The minimum absolute atomic E-state index is 0.0616. The largest absolute Gasteiger partial charge is 0.490 e. The molecular formula is C13H17N3O4S. The standard InChI is InChI=1S/C13H17N3O4S/c1-3-19-11-6-9(7-15-16-13(14)21)4-5-10(11)20-8(2)12(17)18/h4-8H,3H2,1-2H3,(H,17,18)(H3,14,16,21). The normalized spacial score (nSPS) is 11.9. The maximum Gasteiger partial charge on any atom is 0.344 e. The molecule has 0 bridgehead atoms. The summed E-state index contributed by atoms with van der Waals surface area (Å²) in [6.07, 6.45) is 0.534. The topological polar surface area (TPSA) is 106 Å². The molecule has 1 rings (SSSR count). The first kappa shape index (κ1) is 16.7. The summed E-state index contributed by atoms with van der Waals surface area (Å²) in [6, 6.07) is 5.00. The highest BCUT2D eigenvalue weighted by Crippen LogP contribution is 2.29. The second-order valence-electron chi connectivity index (χ2n) is 3.97. The number of aliphatic carboxylic acids is 1. The SMILES string of the molecule is CCOc1cc(C=NNC(N)=S)ccc1OC(C)C(=O)O. The predicted molar refractivity (Wildman–Crippen MR) is 82.9 cm³/mol. The third kappa shape index (κ3) is 5.65. The number of ether oxygens (including phenoxy) is 2. The molecule has 21 heavy (non-hydrogen) atoms. The lowest BCUT2D eigenvalue weighted by Gasteiger charge is -2.15. The van der Waals surface area contributed by atoms with Gasteiger partial charge in [0.2, 0.25) is 0 Å². The maximum absolute atomic E-state index is 10.8. The van der Waals surface area contributed by atoms with Crippen LogP contribution in [0, 0.1) is 0 Å². The van der Waals surface area contributed by atoms with Crippen molar-refractivity contribution < 1.29 is 19.4 Å². The summed E-state index contributed by atoms with van der Waals surface area (Å²) in [6.45, 7) is 3.68. The van der Waals surface area contributed by atoms with Gasteiger partial charge in [0.25, 0.3) is 0 Å². The Hall–Kier alpha value is -2.35. The number of carbonyl (C=O) groups is 1. The molecule has 0 aliphatic carbocycles. The van der Waals surface area contributed by atoms with E-state index in [0.717, 1.165) is 5.56 Å². The van der Waals surface area contributed by atoms with Gasteiger partial charge in [0.05, 0.1) is 12.8 Å². The number of nitrogens with one attached hydrogen (secondary N) is 1. The lowest BCUT2D eigenvalue weighted by atomic mass is 10.2. The van der Waals surface area contributed by atoms with Crippen LogP contribution in [0.25, 0.3) is 0 Å². The second-order valence-corrected chi connectivity index (χ2v) is 4.41. The fourth-order valence-corrected chi connectivity index (χ4v) is 1.43. The van der Waals surface area contributed by atoms with Crippen LogP contribution in [-0.2, 0) is 4.79 Å². The van der Waals surface area contributed by atoms with Gasteiger partial charge in [-0.1, -0.05) is 0 Å². The molecule has 0 aromatic heterocycles. The Labute approximate surface area is 127 Å². The van der Waals surface area contributed by atoms with Crippen molar-refractivity contribution in [1.82, 2.24) is 5.43 Å². The fraction of sp³-hybridized carbons (Fsp3) is 0.308. The number of rotatable bonds is 7. The zero-order valence-electron chi connectivity index (χ0n) is 11.7. The van der Waals surface area contributed by atoms with E-state index in [4.69, 9.17) is 20.3 Å². The number of hydrogen-bond acceptors (Lipinski definition) is 5. The number of hydrazone groups is 1. The summed E-state index contributed by atoms with van der Waals surface area (Å²) in [4.78, 5) is 10.8. The average molecular weight is 311 g/mol. The van der Waals surface area contributed by atoms with Crippen molar-refractivity contribution in [2.24, 2.45) is 10.8 Å². The van der Waals surface area contributed by atoms with Crippen molar-refractivity contribution >= 4 is 29.5 Å². The second kappa shape index (κ2) is 8.05. The first-order valence-electron chi connectivity index (χ1n) is 6.18. The molecule has 0 heterocycles. The van der Waals surface area contributed by atoms with Crippen LogP contribution in [0.15, 0.2) is 23.3 Å². The molecule has 0 amide bonds. The summed E-state index contributed by atoms with van der Waals surface area (Å²) in [5, 5.41) is 12.8. The van der Waals surface area contributed by atoms with E-state index in [0.29, 0.717) is 18.1 Å². The molecule has 0 spiro atoms. The van der Waals surface area contributed by atoms with Gasteiger partial charge in [0.1, 0.15) is 0 Å².